The molecule has 0 aliphatic heterocycles. The molecule has 0 radical (unpaired) electrons. The van der Waals surface area contributed by atoms with Gasteiger partial charge in [0.2, 0.25) is 0 Å². The second-order valence-electron chi connectivity index (χ2n) is 6.14. The number of rotatable bonds is 4. The van der Waals surface area contributed by atoms with Gasteiger partial charge in [-0.05, 0) is 30.3 Å². The third-order valence-electron chi connectivity index (χ3n) is 4.27. The van der Waals surface area contributed by atoms with Gasteiger partial charge in [-0.2, -0.15) is 0 Å². The average molecular weight is 432 g/mol. The van der Waals surface area contributed by atoms with Crippen molar-refractivity contribution in [3.63, 3.8) is 0 Å². The molecular formula is C22H14BrN3O2. The van der Waals surface area contributed by atoms with E-state index in [0.717, 1.165) is 26.9 Å². The molecule has 0 atom stereocenters. The maximum absolute atomic E-state index is 10.9. The van der Waals surface area contributed by atoms with Crippen LogP contribution < -0.4 is 0 Å². The van der Waals surface area contributed by atoms with Gasteiger partial charge >= 0.3 is 0 Å². The molecule has 136 valence electrons. The third-order valence-corrected chi connectivity index (χ3v) is 4.80. The highest BCUT2D eigenvalue weighted by Gasteiger charge is 2.12. The van der Waals surface area contributed by atoms with Crippen LogP contribution in [0.25, 0.3) is 33.9 Å². The predicted octanol–water partition coefficient (Wildman–Crippen LogP) is 6.15. The Balaban J connectivity index is 1.86. The second kappa shape index (κ2) is 7.70. The van der Waals surface area contributed by atoms with E-state index in [1.165, 1.54) is 12.1 Å². The van der Waals surface area contributed by atoms with E-state index >= 15 is 0 Å². The molecule has 1 heterocycles. The van der Waals surface area contributed by atoms with E-state index in [4.69, 9.17) is 9.97 Å². The Labute approximate surface area is 170 Å². The smallest absolute Gasteiger partial charge is 0.258 e. The molecule has 3 aromatic carbocycles. The van der Waals surface area contributed by atoms with Gasteiger partial charge < -0.3 is 0 Å². The van der Waals surface area contributed by atoms with Crippen LogP contribution in [0.4, 0.5) is 5.69 Å². The number of hydrogen-bond donors (Lipinski definition) is 0. The normalized spacial score (nSPS) is 10.6. The lowest BCUT2D eigenvalue weighted by atomic mass is 10.1. The Morgan fingerprint density at radius 3 is 1.82 bits per heavy atom. The quantitative estimate of drug-likeness (QED) is 0.287. The summed E-state index contributed by atoms with van der Waals surface area (Å²) in [7, 11) is 0. The van der Waals surface area contributed by atoms with Crippen molar-refractivity contribution in [2.24, 2.45) is 0 Å². The van der Waals surface area contributed by atoms with Gasteiger partial charge in [0.1, 0.15) is 0 Å². The Kier molecular flexibility index (Phi) is 4.95. The molecule has 0 N–H and O–H groups in total. The van der Waals surface area contributed by atoms with E-state index in [1.54, 1.807) is 12.1 Å². The summed E-state index contributed by atoms with van der Waals surface area (Å²) in [6.45, 7) is 0. The Morgan fingerprint density at radius 1 is 0.714 bits per heavy atom. The molecule has 0 fully saturated rings. The fraction of sp³-hybridized carbons (Fsp3) is 0. The van der Waals surface area contributed by atoms with Crippen LogP contribution in [0.15, 0.2) is 89.4 Å². The first-order valence-electron chi connectivity index (χ1n) is 8.55. The highest BCUT2D eigenvalue weighted by molar-refractivity contribution is 9.10. The monoisotopic (exact) mass is 431 g/mol. The molecule has 0 aliphatic rings. The molecule has 0 spiro atoms. The molecule has 6 heteroatoms. The molecule has 0 aliphatic carbocycles. The number of nitro benzene ring substituents is 1. The molecule has 0 bridgehead atoms. The Hall–Kier alpha value is -3.38. The summed E-state index contributed by atoms with van der Waals surface area (Å²) in [6, 6.07) is 25.9. The van der Waals surface area contributed by atoms with Gasteiger partial charge in [0.15, 0.2) is 5.82 Å². The zero-order chi connectivity index (χ0) is 19.5. The van der Waals surface area contributed by atoms with E-state index in [2.05, 4.69) is 15.9 Å². The minimum atomic E-state index is -0.410. The largest absolute Gasteiger partial charge is 0.269 e. The van der Waals surface area contributed by atoms with Gasteiger partial charge in [-0.3, -0.25) is 10.1 Å². The predicted molar refractivity (Wildman–Crippen MR) is 113 cm³/mol. The summed E-state index contributed by atoms with van der Waals surface area (Å²) in [4.78, 5) is 20.0. The van der Waals surface area contributed by atoms with Crippen molar-refractivity contribution in [2.45, 2.75) is 0 Å². The molecule has 4 rings (SSSR count). The number of non-ortho nitro benzene ring substituents is 1. The van der Waals surface area contributed by atoms with Crippen molar-refractivity contribution in [3.05, 3.63) is 99.5 Å². The fourth-order valence-electron chi connectivity index (χ4n) is 2.83. The summed E-state index contributed by atoms with van der Waals surface area (Å²) in [5, 5.41) is 10.9. The zero-order valence-electron chi connectivity index (χ0n) is 14.6. The van der Waals surface area contributed by atoms with Crippen LogP contribution in [-0.2, 0) is 0 Å². The van der Waals surface area contributed by atoms with Crippen LogP contribution in [0, 0.1) is 10.1 Å². The summed E-state index contributed by atoms with van der Waals surface area (Å²) in [5.74, 6) is 0.599. The van der Waals surface area contributed by atoms with Crippen molar-refractivity contribution in [3.8, 4) is 33.9 Å². The molecule has 28 heavy (non-hydrogen) atoms. The van der Waals surface area contributed by atoms with E-state index in [9.17, 15) is 10.1 Å². The number of hydrogen-bond acceptors (Lipinski definition) is 4. The molecule has 0 saturated carbocycles. The number of nitro groups is 1. The Morgan fingerprint density at radius 2 is 1.25 bits per heavy atom. The number of halogens is 1. The van der Waals surface area contributed by atoms with Crippen LogP contribution in [0.1, 0.15) is 0 Å². The first kappa shape index (κ1) is 18.0. The van der Waals surface area contributed by atoms with E-state index in [0.29, 0.717) is 11.5 Å². The first-order valence-corrected chi connectivity index (χ1v) is 9.35. The van der Waals surface area contributed by atoms with Crippen LogP contribution >= 0.6 is 15.9 Å². The molecule has 5 nitrogen and oxygen atoms in total. The van der Waals surface area contributed by atoms with E-state index in [-0.39, 0.29) is 5.69 Å². The average Bonchev–Trinajstić information content (AvgIpc) is 2.74. The van der Waals surface area contributed by atoms with Crippen LogP contribution in [0.2, 0.25) is 0 Å². The first-order chi connectivity index (χ1) is 13.6. The lowest BCUT2D eigenvalue weighted by Crippen LogP contribution is -1.96. The summed E-state index contributed by atoms with van der Waals surface area (Å²) in [6.07, 6.45) is 0. The number of nitrogens with zero attached hydrogens (tertiary/aromatic N) is 3. The highest BCUT2D eigenvalue weighted by Crippen LogP contribution is 2.28. The molecule has 0 amide bonds. The minimum Gasteiger partial charge on any atom is -0.258 e. The molecular weight excluding hydrogens is 418 g/mol. The zero-order valence-corrected chi connectivity index (χ0v) is 16.2. The topological polar surface area (TPSA) is 68.9 Å². The van der Waals surface area contributed by atoms with Crippen molar-refractivity contribution in [1.82, 2.24) is 9.97 Å². The van der Waals surface area contributed by atoms with Gasteiger partial charge in [-0.25, -0.2) is 9.97 Å². The van der Waals surface area contributed by atoms with Crippen LogP contribution in [0.3, 0.4) is 0 Å². The lowest BCUT2D eigenvalue weighted by Gasteiger charge is -2.09. The summed E-state index contributed by atoms with van der Waals surface area (Å²) >= 11 is 3.44. The molecule has 0 unspecified atom stereocenters. The van der Waals surface area contributed by atoms with Gasteiger partial charge in [0.05, 0.1) is 16.3 Å². The number of benzene rings is 3. The maximum Gasteiger partial charge on any atom is 0.269 e. The molecule has 0 saturated heterocycles. The summed E-state index contributed by atoms with van der Waals surface area (Å²) in [5.41, 5.74) is 4.22. The molecule has 1 aromatic heterocycles. The SMILES string of the molecule is O=[N+]([O-])c1ccc(-c2cc(-c3ccccc3)nc(-c3ccc(Br)cc3)n2)cc1. The maximum atomic E-state index is 10.9. The van der Waals surface area contributed by atoms with Crippen molar-refractivity contribution < 1.29 is 4.92 Å². The molecule has 4 aromatic rings. The Bertz CT molecular complexity index is 1130. The standard InChI is InChI=1S/C22H14BrN3O2/c23-18-10-6-17(7-11-18)22-24-20(15-4-2-1-3-5-15)14-21(25-22)16-8-12-19(13-9-16)26(27)28/h1-14H. The summed E-state index contributed by atoms with van der Waals surface area (Å²) < 4.78 is 0.978. The van der Waals surface area contributed by atoms with Crippen LogP contribution in [0.5, 0.6) is 0 Å². The van der Waals surface area contributed by atoms with Crippen molar-refractivity contribution in [2.75, 3.05) is 0 Å². The third kappa shape index (κ3) is 3.82. The van der Waals surface area contributed by atoms with Gasteiger partial charge in [0, 0.05) is 33.3 Å². The van der Waals surface area contributed by atoms with E-state index in [1.807, 2.05) is 60.7 Å². The number of aromatic nitrogens is 2. The second-order valence-corrected chi connectivity index (χ2v) is 7.05. The van der Waals surface area contributed by atoms with Crippen molar-refractivity contribution >= 4 is 21.6 Å². The van der Waals surface area contributed by atoms with Crippen molar-refractivity contribution in [1.29, 1.82) is 0 Å². The fourth-order valence-corrected chi connectivity index (χ4v) is 3.10. The lowest BCUT2D eigenvalue weighted by molar-refractivity contribution is -0.384. The minimum absolute atomic E-state index is 0.0502. The van der Waals surface area contributed by atoms with Gasteiger partial charge in [-0.1, -0.05) is 58.4 Å². The highest BCUT2D eigenvalue weighted by atomic mass is 79.9. The van der Waals surface area contributed by atoms with Gasteiger partial charge in [0.25, 0.3) is 5.69 Å². The van der Waals surface area contributed by atoms with E-state index < -0.39 is 4.92 Å². The van der Waals surface area contributed by atoms with Crippen LogP contribution in [-0.4, -0.2) is 14.9 Å². The van der Waals surface area contributed by atoms with Gasteiger partial charge in [-0.15, -0.1) is 0 Å².